The monoisotopic (exact) mass is 239 g/mol. The molecule has 7 heteroatoms. The molecule has 0 rings (SSSR count). The van der Waals surface area contributed by atoms with Gasteiger partial charge in [-0.25, -0.2) is 4.57 Å². The molecule has 0 aromatic heterocycles. The van der Waals surface area contributed by atoms with Gasteiger partial charge in [-0.2, -0.15) is 0 Å². The van der Waals surface area contributed by atoms with Crippen molar-refractivity contribution < 1.29 is 9.09 Å². The summed E-state index contributed by atoms with van der Waals surface area (Å²) in [6.45, 7) is 3.92. The molecule has 68 valence electrons. The van der Waals surface area contributed by atoms with Crippen molar-refractivity contribution in [2.24, 2.45) is 4.99 Å². The maximum atomic E-state index is 10.5. The third kappa shape index (κ3) is 10.6. The molecule has 0 spiro atoms. The molecular formula is C4H9Cl3NO2P. The zero-order chi connectivity index (χ0) is 8.20. The molecule has 11 heavy (non-hydrogen) atoms. The van der Waals surface area contributed by atoms with E-state index in [0.717, 1.165) is 0 Å². The van der Waals surface area contributed by atoms with E-state index in [1.165, 1.54) is 0 Å². The summed E-state index contributed by atoms with van der Waals surface area (Å²) in [5.74, 6) is 0.246. The normalized spacial score (nSPS) is 12.2. The number of hydrogen-bond acceptors (Lipinski definition) is 3. The summed E-state index contributed by atoms with van der Waals surface area (Å²) in [6.07, 6.45) is -3.44. The standard InChI is InChI=1S/C4H8Cl2NO2P.ClH/c1-3-7-4(2)9-10(5,6)8;/h3H2,1-2H3;1H. The van der Waals surface area contributed by atoms with Crippen molar-refractivity contribution >= 4 is 46.9 Å². The Bertz CT molecular complexity index is 178. The molecule has 0 amide bonds. The van der Waals surface area contributed by atoms with Crippen LogP contribution in [0, 0.1) is 0 Å². The third-order valence-corrected chi connectivity index (χ3v) is 1.51. The summed E-state index contributed by atoms with van der Waals surface area (Å²) < 4.78 is 15.0. The molecule has 0 atom stereocenters. The average molecular weight is 240 g/mol. The average Bonchev–Trinajstić information content (AvgIpc) is 1.59. The van der Waals surface area contributed by atoms with Gasteiger partial charge in [0.25, 0.3) is 0 Å². The van der Waals surface area contributed by atoms with Gasteiger partial charge in [0, 0.05) is 36.0 Å². The third-order valence-electron chi connectivity index (χ3n) is 0.619. The van der Waals surface area contributed by atoms with Crippen molar-refractivity contribution in [1.29, 1.82) is 0 Å². The molecule has 0 N–H and O–H groups in total. The Hall–Kier alpha value is 0.570. The predicted molar refractivity (Wildman–Crippen MR) is 51.3 cm³/mol. The van der Waals surface area contributed by atoms with E-state index >= 15 is 0 Å². The molecule has 0 saturated carbocycles. The lowest BCUT2D eigenvalue weighted by atomic mass is 10.7. The molecule has 0 radical (unpaired) electrons. The Morgan fingerprint density at radius 3 is 2.36 bits per heavy atom. The van der Waals surface area contributed by atoms with E-state index < -0.39 is 6.07 Å². The van der Waals surface area contributed by atoms with Gasteiger partial charge in [-0.1, -0.05) is 0 Å². The first-order chi connectivity index (χ1) is 4.45. The highest BCUT2D eigenvalue weighted by atomic mass is 35.9. The van der Waals surface area contributed by atoms with Gasteiger partial charge in [-0.15, -0.1) is 12.4 Å². The maximum absolute atomic E-state index is 10.5. The minimum absolute atomic E-state index is 0. The van der Waals surface area contributed by atoms with Gasteiger partial charge in [0.2, 0.25) is 0 Å². The summed E-state index contributed by atoms with van der Waals surface area (Å²) in [6, 6.07) is 0. The fourth-order valence-corrected chi connectivity index (χ4v) is 1.37. The van der Waals surface area contributed by atoms with Crippen molar-refractivity contribution in [3.05, 3.63) is 0 Å². The van der Waals surface area contributed by atoms with E-state index in [0.29, 0.717) is 6.54 Å². The topological polar surface area (TPSA) is 38.7 Å². The molecular weight excluding hydrogens is 231 g/mol. The molecule has 0 heterocycles. The van der Waals surface area contributed by atoms with Crippen molar-refractivity contribution in [2.75, 3.05) is 6.54 Å². The molecule has 0 aliphatic heterocycles. The van der Waals surface area contributed by atoms with Gasteiger partial charge in [-0.05, 0) is 6.92 Å². The largest absolute Gasteiger partial charge is 0.429 e. The summed E-state index contributed by atoms with van der Waals surface area (Å²) in [5.41, 5.74) is 0. The number of nitrogens with zero attached hydrogens (tertiary/aromatic N) is 1. The lowest BCUT2D eigenvalue weighted by Crippen LogP contribution is -1.92. The van der Waals surface area contributed by atoms with E-state index in [4.69, 9.17) is 22.5 Å². The second-order valence-electron chi connectivity index (χ2n) is 1.50. The van der Waals surface area contributed by atoms with E-state index in [-0.39, 0.29) is 18.3 Å². The Morgan fingerprint density at radius 1 is 1.64 bits per heavy atom. The molecule has 0 unspecified atom stereocenters. The number of hydrogen-bond donors (Lipinski definition) is 0. The van der Waals surface area contributed by atoms with Crippen molar-refractivity contribution in [3.8, 4) is 0 Å². The first-order valence-corrected chi connectivity index (χ1v) is 6.09. The summed E-state index contributed by atoms with van der Waals surface area (Å²) in [5, 5.41) is 0. The summed E-state index contributed by atoms with van der Waals surface area (Å²) in [7, 11) is 0. The van der Waals surface area contributed by atoms with E-state index in [1.807, 2.05) is 6.92 Å². The zero-order valence-corrected chi connectivity index (χ0v) is 9.30. The highest BCUT2D eigenvalue weighted by Crippen LogP contribution is 2.57. The SMILES string of the molecule is CCN=C(C)OP(=O)(Cl)Cl.Cl. The van der Waals surface area contributed by atoms with E-state index in [2.05, 4.69) is 9.52 Å². The Kier molecular flexibility index (Phi) is 7.86. The minimum atomic E-state index is -3.44. The fourth-order valence-electron chi connectivity index (χ4n) is 0.405. The second kappa shape index (κ2) is 6.13. The van der Waals surface area contributed by atoms with Crippen LogP contribution in [0.5, 0.6) is 0 Å². The molecule has 0 aliphatic rings. The second-order valence-corrected chi connectivity index (χ2v) is 5.70. The minimum Gasteiger partial charge on any atom is -0.409 e. The quantitative estimate of drug-likeness (QED) is 0.421. The van der Waals surface area contributed by atoms with Gasteiger partial charge in [-0.3, -0.25) is 4.99 Å². The van der Waals surface area contributed by atoms with Gasteiger partial charge < -0.3 is 4.52 Å². The van der Waals surface area contributed by atoms with Gasteiger partial charge in [0.1, 0.15) is 0 Å². The molecule has 0 bridgehead atoms. The zero-order valence-electron chi connectivity index (χ0n) is 6.08. The molecule has 0 aliphatic carbocycles. The molecule has 0 aromatic rings. The van der Waals surface area contributed by atoms with Crippen molar-refractivity contribution in [3.63, 3.8) is 0 Å². The summed E-state index contributed by atoms with van der Waals surface area (Å²) >= 11 is 10.2. The summed E-state index contributed by atoms with van der Waals surface area (Å²) in [4.78, 5) is 3.76. The lowest BCUT2D eigenvalue weighted by Gasteiger charge is -2.03. The van der Waals surface area contributed by atoms with Crippen LogP contribution >= 0.6 is 41.0 Å². The van der Waals surface area contributed by atoms with Crippen LogP contribution in [0.4, 0.5) is 0 Å². The van der Waals surface area contributed by atoms with E-state index in [9.17, 15) is 4.57 Å². The maximum Gasteiger partial charge on any atom is 0.429 e. The van der Waals surface area contributed by atoms with Gasteiger partial charge in [0.15, 0.2) is 5.90 Å². The number of rotatable bonds is 2. The molecule has 0 fully saturated rings. The Labute approximate surface area is 81.6 Å². The van der Waals surface area contributed by atoms with Crippen LogP contribution in [0.25, 0.3) is 0 Å². The highest BCUT2D eigenvalue weighted by Gasteiger charge is 2.15. The van der Waals surface area contributed by atoms with Crippen LogP contribution in [0.15, 0.2) is 4.99 Å². The van der Waals surface area contributed by atoms with Crippen LogP contribution in [0.1, 0.15) is 13.8 Å². The Balaban J connectivity index is 0. The van der Waals surface area contributed by atoms with Crippen LogP contribution < -0.4 is 0 Å². The fraction of sp³-hybridized carbons (Fsp3) is 0.750. The van der Waals surface area contributed by atoms with Gasteiger partial charge >= 0.3 is 6.07 Å². The predicted octanol–water partition coefficient (Wildman–Crippen LogP) is 3.45. The number of halogens is 3. The van der Waals surface area contributed by atoms with Crippen molar-refractivity contribution in [1.82, 2.24) is 0 Å². The molecule has 0 saturated heterocycles. The molecule has 0 aromatic carbocycles. The first-order valence-electron chi connectivity index (χ1n) is 2.65. The first kappa shape index (κ1) is 14.1. The molecule has 3 nitrogen and oxygen atoms in total. The van der Waals surface area contributed by atoms with Gasteiger partial charge in [0.05, 0.1) is 0 Å². The Morgan fingerprint density at radius 2 is 2.09 bits per heavy atom. The highest BCUT2D eigenvalue weighted by molar-refractivity contribution is 8.05. The van der Waals surface area contributed by atoms with Crippen LogP contribution in [0.2, 0.25) is 0 Å². The lowest BCUT2D eigenvalue weighted by molar-refractivity contribution is 0.506. The van der Waals surface area contributed by atoms with Crippen LogP contribution in [0.3, 0.4) is 0 Å². The van der Waals surface area contributed by atoms with Crippen molar-refractivity contribution in [2.45, 2.75) is 13.8 Å². The number of aliphatic imine (C=N–C) groups is 1. The van der Waals surface area contributed by atoms with Crippen LogP contribution in [-0.2, 0) is 9.09 Å². The van der Waals surface area contributed by atoms with Crippen LogP contribution in [-0.4, -0.2) is 12.4 Å². The smallest absolute Gasteiger partial charge is 0.409 e. The van der Waals surface area contributed by atoms with E-state index in [1.54, 1.807) is 6.92 Å².